The fraction of sp³-hybridized carbons (Fsp3) is 0.381. The van der Waals surface area contributed by atoms with Crippen molar-refractivity contribution in [2.75, 3.05) is 24.5 Å². The predicted molar refractivity (Wildman–Crippen MR) is 111 cm³/mol. The molecule has 5 nitrogen and oxygen atoms in total. The number of piperidine rings is 1. The molecular weight excluding hydrogens is 396 g/mol. The number of halogens is 1. The smallest absolute Gasteiger partial charge is 0.237 e. The van der Waals surface area contributed by atoms with Gasteiger partial charge in [-0.25, -0.2) is 12.7 Å². The van der Waals surface area contributed by atoms with E-state index in [1.165, 1.54) is 4.31 Å². The highest BCUT2D eigenvalue weighted by Crippen LogP contribution is 2.48. The summed E-state index contributed by atoms with van der Waals surface area (Å²) in [6.45, 7) is 3.29. The van der Waals surface area contributed by atoms with Crippen molar-refractivity contribution in [2.45, 2.75) is 30.9 Å². The van der Waals surface area contributed by atoms with Crippen molar-refractivity contribution in [1.29, 1.82) is 0 Å². The summed E-state index contributed by atoms with van der Waals surface area (Å²) >= 11 is 5.98. The molecule has 1 amide bonds. The van der Waals surface area contributed by atoms with Crippen molar-refractivity contribution in [1.82, 2.24) is 4.31 Å². The Morgan fingerprint density at radius 2 is 1.79 bits per heavy atom. The number of anilines is 1. The van der Waals surface area contributed by atoms with Crippen LogP contribution in [-0.4, -0.2) is 38.3 Å². The Hall–Kier alpha value is -1.89. The quantitative estimate of drug-likeness (QED) is 0.762. The Labute approximate surface area is 171 Å². The van der Waals surface area contributed by atoms with Crippen molar-refractivity contribution >= 4 is 33.2 Å². The molecule has 2 aromatic rings. The number of fused-ring (bicyclic) bond motifs is 2. The summed E-state index contributed by atoms with van der Waals surface area (Å²) < 4.78 is 27.3. The number of rotatable bonds is 4. The summed E-state index contributed by atoms with van der Waals surface area (Å²) in [7, 11) is -3.46. The van der Waals surface area contributed by atoms with Crippen LogP contribution < -0.4 is 4.90 Å². The van der Waals surface area contributed by atoms with Gasteiger partial charge >= 0.3 is 0 Å². The highest BCUT2D eigenvalue weighted by atomic mass is 35.5. The molecule has 0 saturated carbocycles. The highest BCUT2D eigenvalue weighted by molar-refractivity contribution is 7.88. The zero-order chi connectivity index (χ0) is 19.9. The van der Waals surface area contributed by atoms with Crippen molar-refractivity contribution in [3.63, 3.8) is 0 Å². The lowest BCUT2D eigenvalue weighted by Gasteiger charge is -2.37. The summed E-state index contributed by atoms with van der Waals surface area (Å²) in [6.07, 6.45) is 1.02. The third-order valence-electron chi connectivity index (χ3n) is 5.89. The van der Waals surface area contributed by atoms with Crippen molar-refractivity contribution in [2.24, 2.45) is 0 Å². The number of para-hydroxylation sites is 1. The molecule has 2 aliphatic heterocycles. The number of carbonyl (C=O) groups excluding carboxylic acids is 1. The number of hydrogen-bond acceptors (Lipinski definition) is 3. The molecular formula is C21H23ClN2O3S. The van der Waals surface area contributed by atoms with Gasteiger partial charge in [0.2, 0.25) is 15.9 Å². The van der Waals surface area contributed by atoms with E-state index in [0.717, 1.165) is 11.3 Å². The van der Waals surface area contributed by atoms with Crippen molar-refractivity contribution in [3.8, 4) is 0 Å². The lowest BCUT2D eigenvalue weighted by molar-refractivity contribution is -0.124. The minimum atomic E-state index is -3.46. The van der Waals surface area contributed by atoms with E-state index in [-0.39, 0.29) is 11.7 Å². The number of likely N-dealkylation sites (N-methyl/N-ethyl adjacent to an activating group) is 1. The van der Waals surface area contributed by atoms with E-state index in [1.54, 1.807) is 24.3 Å². The molecule has 0 radical (unpaired) electrons. The number of hydrogen-bond donors (Lipinski definition) is 0. The van der Waals surface area contributed by atoms with Crippen LogP contribution in [0.3, 0.4) is 0 Å². The molecule has 0 aliphatic carbocycles. The largest absolute Gasteiger partial charge is 0.312 e. The zero-order valence-electron chi connectivity index (χ0n) is 15.8. The first-order valence-electron chi connectivity index (χ1n) is 9.51. The third-order valence-corrected chi connectivity index (χ3v) is 7.97. The van der Waals surface area contributed by atoms with Crippen LogP contribution in [-0.2, 0) is 26.0 Å². The number of carbonyl (C=O) groups is 1. The van der Waals surface area contributed by atoms with Gasteiger partial charge in [-0.15, -0.1) is 0 Å². The van der Waals surface area contributed by atoms with E-state index < -0.39 is 15.4 Å². The molecule has 1 spiro atoms. The van der Waals surface area contributed by atoms with Gasteiger partial charge in [0.15, 0.2) is 0 Å². The van der Waals surface area contributed by atoms with E-state index in [1.807, 2.05) is 36.1 Å². The first-order valence-corrected chi connectivity index (χ1v) is 11.5. The van der Waals surface area contributed by atoms with Gasteiger partial charge in [0.1, 0.15) is 0 Å². The molecule has 28 heavy (non-hydrogen) atoms. The summed E-state index contributed by atoms with van der Waals surface area (Å²) in [5.41, 5.74) is 2.07. The van der Waals surface area contributed by atoms with Gasteiger partial charge in [0, 0.05) is 30.3 Å². The van der Waals surface area contributed by atoms with Crippen LogP contribution >= 0.6 is 11.6 Å². The second kappa shape index (κ2) is 7.17. The van der Waals surface area contributed by atoms with Gasteiger partial charge in [-0.2, -0.15) is 0 Å². The second-order valence-corrected chi connectivity index (χ2v) is 9.84. The number of sulfonamides is 1. The van der Waals surface area contributed by atoms with Crippen LogP contribution in [0.1, 0.15) is 30.9 Å². The van der Waals surface area contributed by atoms with E-state index in [2.05, 4.69) is 0 Å². The molecule has 2 aliphatic rings. The maximum absolute atomic E-state index is 13.2. The molecule has 2 heterocycles. The Kier molecular flexibility index (Phi) is 4.98. The van der Waals surface area contributed by atoms with E-state index in [4.69, 9.17) is 11.6 Å². The average Bonchev–Trinajstić information content (AvgIpc) is 2.90. The van der Waals surface area contributed by atoms with Crippen molar-refractivity contribution in [3.05, 3.63) is 64.7 Å². The monoisotopic (exact) mass is 418 g/mol. The van der Waals surface area contributed by atoms with Gasteiger partial charge in [-0.1, -0.05) is 41.9 Å². The normalized spacial score (nSPS) is 19.2. The Morgan fingerprint density at radius 3 is 2.46 bits per heavy atom. The minimum absolute atomic E-state index is 0.0772. The Morgan fingerprint density at radius 1 is 1.07 bits per heavy atom. The predicted octanol–water partition coefficient (Wildman–Crippen LogP) is 3.57. The van der Waals surface area contributed by atoms with Gasteiger partial charge < -0.3 is 4.90 Å². The topological polar surface area (TPSA) is 57.7 Å². The van der Waals surface area contributed by atoms with Gasteiger partial charge in [-0.05, 0) is 49.1 Å². The lowest BCUT2D eigenvalue weighted by Crippen LogP contribution is -2.50. The molecule has 7 heteroatoms. The summed E-state index contributed by atoms with van der Waals surface area (Å²) in [5.74, 6) is 0.0229. The average molecular weight is 419 g/mol. The Bertz CT molecular complexity index is 1010. The molecule has 2 aromatic carbocycles. The zero-order valence-corrected chi connectivity index (χ0v) is 17.3. The van der Waals surface area contributed by atoms with Crippen LogP contribution in [0.4, 0.5) is 5.69 Å². The SMILES string of the molecule is CCN1C(=O)C2(CCN(S(=O)(=O)Cc3cccc(Cl)c3)CC2)c2ccccc21. The standard InChI is InChI=1S/C21H23ClN2O3S/c1-2-24-19-9-4-3-8-18(19)21(20(24)25)10-12-23(13-11-21)28(26,27)15-16-6-5-7-17(22)14-16/h3-9,14H,2,10-13,15H2,1H3. The summed E-state index contributed by atoms with van der Waals surface area (Å²) in [5, 5.41) is 0.526. The summed E-state index contributed by atoms with van der Waals surface area (Å²) in [6, 6.07) is 14.8. The summed E-state index contributed by atoms with van der Waals surface area (Å²) in [4.78, 5) is 15.0. The van der Waals surface area contributed by atoms with Gasteiger partial charge in [0.25, 0.3) is 0 Å². The van der Waals surface area contributed by atoms with Crippen LogP contribution in [0.15, 0.2) is 48.5 Å². The van der Waals surface area contributed by atoms with Gasteiger partial charge in [-0.3, -0.25) is 4.79 Å². The molecule has 0 unspecified atom stereocenters. The van der Waals surface area contributed by atoms with Crippen LogP contribution in [0, 0.1) is 0 Å². The molecule has 0 aromatic heterocycles. The molecule has 0 bridgehead atoms. The number of nitrogens with zero attached hydrogens (tertiary/aromatic N) is 2. The molecule has 148 valence electrons. The van der Waals surface area contributed by atoms with Crippen LogP contribution in [0.5, 0.6) is 0 Å². The van der Waals surface area contributed by atoms with Crippen molar-refractivity contribution < 1.29 is 13.2 Å². The van der Waals surface area contributed by atoms with Crippen LogP contribution in [0.25, 0.3) is 0 Å². The van der Waals surface area contributed by atoms with Crippen LogP contribution in [0.2, 0.25) is 5.02 Å². The highest BCUT2D eigenvalue weighted by Gasteiger charge is 2.52. The fourth-order valence-electron chi connectivity index (χ4n) is 4.47. The minimum Gasteiger partial charge on any atom is -0.312 e. The second-order valence-electron chi connectivity index (χ2n) is 7.43. The lowest BCUT2D eigenvalue weighted by atomic mass is 9.74. The van der Waals surface area contributed by atoms with Gasteiger partial charge in [0.05, 0.1) is 11.2 Å². The van der Waals surface area contributed by atoms with E-state index in [0.29, 0.717) is 43.1 Å². The fourth-order valence-corrected chi connectivity index (χ4v) is 6.20. The maximum atomic E-state index is 13.2. The van der Waals surface area contributed by atoms with E-state index in [9.17, 15) is 13.2 Å². The molecule has 0 N–H and O–H groups in total. The first kappa shape index (κ1) is 19.4. The third kappa shape index (κ3) is 3.13. The molecule has 1 fully saturated rings. The first-order chi connectivity index (χ1) is 13.4. The molecule has 0 atom stereocenters. The molecule has 1 saturated heterocycles. The van der Waals surface area contributed by atoms with E-state index >= 15 is 0 Å². The number of amides is 1. The Balaban J connectivity index is 1.55. The molecule has 4 rings (SSSR count). The number of benzene rings is 2. The maximum Gasteiger partial charge on any atom is 0.237 e.